The van der Waals surface area contributed by atoms with Crippen molar-refractivity contribution in [2.75, 3.05) is 6.54 Å². The topological polar surface area (TPSA) is 12.0 Å². The number of rotatable bonds is 7. The molecule has 0 radical (unpaired) electrons. The van der Waals surface area contributed by atoms with Crippen LogP contribution in [0.1, 0.15) is 36.9 Å². The van der Waals surface area contributed by atoms with Crippen molar-refractivity contribution in [3.05, 3.63) is 69.0 Å². The van der Waals surface area contributed by atoms with Gasteiger partial charge in [0.1, 0.15) is 5.82 Å². The summed E-state index contributed by atoms with van der Waals surface area (Å²) in [5.74, 6) is -0.166. The number of benzene rings is 2. The Bertz CT molecular complexity index is 556. The second-order valence-electron chi connectivity index (χ2n) is 5.20. The van der Waals surface area contributed by atoms with E-state index in [4.69, 9.17) is 0 Å². The van der Waals surface area contributed by atoms with Crippen molar-refractivity contribution >= 4 is 22.6 Å². The van der Waals surface area contributed by atoms with E-state index < -0.39 is 0 Å². The molecule has 2 aromatic rings. The zero-order valence-electron chi connectivity index (χ0n) is 12.3. The van der Waals surface area contributed by atoms with Crippen LogP contribution in [0.3, 0.4) is 0 Å². The highest BCUT2D eigenvalue weighted by Crippen LogP contribution is 2.25. The minimum absolute atomic E-state index is 0.166. The zero-order chi connectivity index (χ0) is 15.1. The lowest BCUT2D eigenvalue weighted by Gasteiger charge is -2.20. The van der Waals surface area contributed by atoms with Gasteiger partial charge in [-0.1, -0.05) is 43.3 Å². The highest BCUT2D eigenvalue weighted by molar-refractivity contribution is 14.1. The van der Waals surface area contributed by atoms with Gasteiger partial charge in [0.15, 0.2) is 0 Å². The molecule has 0 amide bonds. The Labute approximate surface area is 140 Å². The molecule has 0 fully saturated rings. The molecule has 0 spiro atoms. The monoisotopic (exact) mass is 397 g/mol. The number of hydrogen-bond acceptors (Lipinski definition) is 1. The summed E-state index contributed by atoms with van der Waals surface area (Å²) in [5, 5.41) is 3.59. The van der Waals surface area contributed by atoms with Crippen LogP contribution in [-0.4, -0.2) is 6.54 Å². The predicted molar refractivity (Wildman–Crippen MR) is 94.9 cm³/mol. The third-order valence-electron chi connectivity index (χ3n) is 3.54. The molecule has 0 bridgehead atoms. The quantitative estimate of drug-likeness (QED) is 0.641. The molecular formula is C18H21FIN. The van der Waals surface area contributed by atoms with Crippen LogP contribution in [0.2, 0.25) is 0 Å². The number of nitrogens with one attached hydrogen (secondary N) is 1. The van der Waals surface area contributed by atoms with Crippen LogP contribution in [0, 0.1) is 9.39 Å². The first-order chi connectivity index (χ1) is 10.2. The van der Waals surface area contributed by atoms with E-state index >= 15 is 0 Å². The van der Waals surface area contributed by atoms with Crippen LogP contribution < -0.4 is 5.32 Å². The van der Waals surface area contributed by atoms with Gasteiger partial charge in [0.05, 0.1) is 0 Å². The smallest absolute Gasteiger partial charge is 0.124 e. The third kappa shape index (κ3) is 5.08. The molecule has 0 aliphatic heterocycles. The Morgan fingerprint density at radius 2 is 1.90 bits per heavy atom. The minimum atomic E-state index is -0.166. The van der Waals surface area contributed by atoms with Gasteiger partial charge in [-0.15, -0.1) is 0 Å². The van der Waals surface area contributed by atoms with Gasteiger partial charge >= 0.3 is 0 Å². The molecule has 1 atom stereocenters. The second kappa shape index (κ2) is 8.49. The maximum Gasteiger partial charge on any atom is 0.124 e. The molecule has 112 valence electrons. The van der Waals surface area contributed by atoms with Gasteiger partial charge in [0, 0.05) is 9.61 Å². The first kappa shape index (κ1) is 16.4. The lowest BCUT2D eigenvalue weighted by Crippen LogP contribution is -2.23. The van der Waals surface area contributed by atoms with Crippen LogP contribution in [0.4, 0.5) is 4.39 Å². The lowest BCUT2D eigenvalue weighted by molar-refractivity contribution is 0.496. The van der Waals surface area contributed by atoms with Crippen molar-refractivity contribution in [1.29, 1.82) is 0 Å². The van der Waals surface area contributed by atoms with Gasteiger partial charge in [0.2, 0.25) is 0 Å². The van der Waals surface area contributed by atoms with E-state index in [0.717, 1.165) is 29.4 Å². The summed E-state index contributed by atoms with van der Waals surface area (Å²) in [6, 6.07) is 15.9. The van der Waals surface area contributed by atoms with Crippen molar-refractivity contribution in [2.45, 2.75) is 32.2 Å². The zero-order valence-corrected chi connectivity index (χ0v) is 14.4. The highest BCUT2D eigenvalue weighted by Gasteiger charge is 2.14. The summed E-state index contributed by atoms with van der Waals surface area (Å²) < 4.78 is 14.3. The van der Waals surface area contributed by atoms with Gasteiger partial charge < -0.3 is 5.32 Å². The van der Waals surface area contributed by atoms with Gasteiger partial charge in [-0.05, 0) is 71.7 Å². The minimum Gasteiger partial charge on any atom is -0.310 e. The lowest BCUT2D eigenvalue weighted by atomic mass is 9.99. The van der Waals surface area contributed by atoms with Crippen molar-refractivity contribution in [1.82, 2.24) is 5.32 Å². The third-order valence-corrected chi connectivity index (χ3v) is 4.48. The van der Waals surface area contributed by atoms with Crippen LogP contribution in [0.5, 0.6) is 0 Å². The number of hydrogen-bond donors (Lipinski definition) is 1. The van der Waals surface area contributed by atoms with Gasteiger partial charge in [-0.2, -0.15) is 0 Å². The molecule has 0 heterocycles. The molecule has 0 aliphatic carbocycles. The number of aryl methyl sites for hydroxylation is 1. The van der Waals surface area contributed by atoms with Crippen molar-refractivity contribution in [3.63, 3.8) is 0 Å². The first-order valence-corrected chi connectivity index (χ1v) is 8.51. The summed E-state index contributed by atoms with van der Waals surface area (Å²) in [5.41, 5.74) is 2.54. The molecule has 0 saturated heterocycles. The van der Waals surface area contributed by atoms with Crippen molar-refractivity contribution < 1.29 is 4.39 Å². The predicted octanol–water partition coefficient (Wildman–Crippen LogP) is 5.10. The van der Waals surface area contributed by atoms with E-state index in [2.05, 4.69) is 59.1 Å². The maximum absolute atomic E-state index is 13.3. The molecule has 1 N–H and O–H groups in total. The van der Waals surface area contributed by atoms with Crippen LogP contribution in [0.25, 0.3) is 0 Å². The Morgan fingerprint density at radius 3 is 2.57 bits per heavy atom. The molecule has 0 aliphatic rings. The molecule has 21 heavy (non-hydrogen) atoms. The van der Waals surface area contributed by atoms with Crippen molar-refractivity contribution in [2.24, 2.45) is 0 Å². The molecular weight excluding hydrogens is 376 g/mol. The summed E-state index contributed by atoms with van der Waals surface area (Å²) in [7, 11) is 0. The summed E-state index contributed by atoms with van der Waals surface area (Å²) in [6.07, 6.45) is 3.14. The van der Waals surface area contributed by atoms with E-state index in [1.807, 2.05) is 12.1 Å². The fourth-order valence-corrected chi connectivity index (χ4v) is 3.28. The normalized spacial score (nSPS) is 12.3. The Balaban J connectivity index is 2.10. The van der Waals surface area contributed by atoms with Gasteiger partial charge in [0.25, 0.3) is 0 Å². The van der Waals surface area contributed by atoms with Crippen LogP contribution in [-0.2, 0) is 6.42 Å². The van der Waals surface area contributed by atoms with Crippen molar-refractivity contribution in [3.8, 4) is 0 Å². The Morgan fingerprint density at radius 1 is 1.14 bits per heavy atom. The van der Waals surface area contributed by atoms with Crippen LogP contribution >= 0.6 is 22.6 Å². The summed E-state index contributed by atoms with van der Waals surface area (Å²) in [6.45, 7) is 3.14. The molecule has 0 saturated carbocycles. The van der Waals surface area contributed by atoms with Gasteiger partial charge in [-0.25, -0.2) is 4.39 Å². The Kier molecular flexibility index (Phi) is 6.64. The summed E-state index contributed by atoms with van der Waals surface area (Å²) in [4.78, 5) is 0. The van der Waals surface area contributed by atoms with Crippen LogP contribution in [0.15, 0.2) is 48.5 Å². The molecule has 2 aromatic carbocycles. The van der Waals surface area contributed by atoms with E-state index in [0.29, 0.717) is 0 Å². The molecule has 1 unspecified atom stereocenters. The molecule has 2 rings (SSSR count). The molecule has 3 heteroatoms. The fourth-order valence-electron chi connectivity index (χ4n) is 2.43. The van der Waals surface area contributed by atoms with E-state index in [1.165, 1.54) is 11.1 Å². The van der Waals surface area contributed by atoms with E-state index in [-0.39, 0.29) is 11.9 Å². The summed E-state index contributed by atoms with van der Waals surface area (Å²) >= 11 is 2.23. The SMILES string of the molecule is CCCNC(CCc1ccccc1)c1ccc(F)cc1I. The number of halogens is 2. The van der Waals surface area contributed by atoms with E-state index in [1.54, 1.807) is 12.1 Å². The Hall–Kier alpha value is -0.940. The molecule has 1 nitrogen and oxygen atoms in total. The van der Waals surface area contributed by atoms with E-state index in [9.17, 15) is 4.39 Å². The second-order valence-corrected chi connectivity index (χ2v) is 6.36. The fraction of sp³-hybridized carbons (Fsp3) is 0.333. The standard InChI is InChI=1S/C18H21FIN/c1-2-12-21-18(11-8-14-6-4-3-5-7-14)16-10-9-15(19)13-17(16)20/h3-7,9-10,13,18,21H,2,8,11-12H2,1H3. The molecule has 0 aromatic heterocycles. The highest BCUT2D eigenvalue weighted by atomic mass is 127. The average Bonchev–Trinajstić information content (AvgIpc) is 2.49. The first-order valence-electron chi connectivity index (χ1n) is 7.43. The van der Waals surface area contributed by atoms with Gasteiger partial charge in [-0.3, -0.25) is 0 Å². The maximum atomic E-state index is 13.3. The largest absolute Gasteiger partial charge is 0.310 e. The average molecular weight is 397 g/mol.